The number of benzene rings is 1. The highest BCUT2D eigenvalue weighted by Crippen LogP contribution is 2.11. The Balaban J connectivity index is 1.82. The quantitative estimate of drug-likeness (QED) is 0.689. The molecule has 2 aromatic heterocycles. The second-order valence-corrected chi connectivity index (χ2v) is 5.22. The molecule has 106 valence electrons. The van der Waals surface area contributed by atoms with Gasteiger partial charge in [-0.25, -0.2) is 4.98 Å². The molecule has 5 heteroatoms. The third kappa shape index (κ3) is 2.81. The monoisotopic (exact) mass is 280 g/mol. The molecule has 0 saturated heterocycles. The molecule has 3 rings (SSSR count). The fourth-order valence-electron chi connectivity index (χ4n) is 2.11. The van der Waals surface area contributed by atoms with E-state index in [4.69, 9.17) is 0 Å². The molecule has 0 saturated carbocycles. The summed E-state index contributed by atoms with van der Waals surface area (Å²) in [6.07, 6.45) is 3.66. The van der Waals surface area contributed by atoms with Crippen LogP contribution in [-0.4, -0.2) is 25.5 Å². The van der Waals surface area contributed by atoms with E-state index in [9.17, 15) is 4.79 Å². The molecule has 21 heavy (non-hydrogen) atoms. The van der Waals surface area contributed by atoms with Gasteiger partial charge in [0.2, 0.25) is 0 Å². The van der Waals surface area contributed by atoms with Gasteiger partial charge >= 0.3 is 0 Å². The molecule has 2 heterocycles. The number of para-hydroxylation sites is 2. The molecule has 0 unspecified atom stereocenters. The van der Waals surface area contributed by atoms with Crippen molar-refractivity contribution in [2.24, 2.45) is 0 Å². The van der Waals surface area contributed by atoms with Gasteiger partial charge in [-0.3, -0.25) is 14.5 Å². The Bertz CT molecular complexity index is 792. The summed E-state index contributed by atoms with van der Waals surface area (Å²) in [5.74, 6) is -0.0674. The van der Waals surface area contributed by atoms with Crippen LogP contribution >= 0.6 is 0 Å². The Hall–Kier alpha value is -2.56. The molecule has 0 aliphatic carbocycles. The van der Waals surface area contributed by atoms with Gasteiger partial charge < -0.3 is 0 Å². The normalized spacial score (nSPS) is 11.2. The van der Waals surface area contributed by atoms with Crippen LogP contribution in [0.3, 0.4) is 0 Å². The lowest BCUT2D eigenvalue weighted by Gasteiger charge is -2.04. The van der Waals surface area contributed by atoms with E-state index >= 15 is 0 Å². The van der Waals surface area contributed by atoms with Gasteiger partial charge in [-0.05, 0) is 32.0 Å². The lowest BCUT2D eigenvalue weighted by atomic mass is 10.1. The number of carbonyl (C=O) groups is 1. The molecule has 1 aromatic carbocycles. The van der Waals surface area contributed by atoms with Crippen LogP contribution in [0.5, 0.6) is 0 Å². The van der Waals surface area contributed by atoms with Crippen LogP contribution in [0.15, 0.2) is 42.7 Å². The van der Waals surface area contributed by atoms with Gasteiger partial charge in [0.1, 0.15) is 5.69 Å². The molecule has 5 nitrogen and oxygen atoms in total. The minimum Gasteiger partial charge on any atom is -0.292 e. The molecular weight excluding hydrogens is 264 g/mol. The first-order valence-corrected chi connectivity index (χ1v) is 6.92. The van der Waals surface area contributed by atoms with Gasteiger partial charge in [0.15, 0.2) is 5.78 Å². The van der Waals surface area contributed by atoms with E-state index in [1.54, 1.807) is 0 Å². The first-order valence-electron chi connectivity index (χ1n) is 6.92. The first-order chi connectivity index (χ1) is 10.1. The minimum atomic E-state index is -0.0674. The number of rotatable bonds is 4. The van der Waals surface area contributed by atoms with Crippen molar-refractivity contribution in [1.82, 2.24) is 19.7 Å². The molecule has 0 atom stereocenters. The Morgan fingerprint density at radius 3 is 2.67 bits per heavy atom. The SMILES string of the molecule is CC(C)n1ccc(CC(=O)c2cnc3ccccc3n2)n1. The predicted molar refractivity (Wildman–Crippen MR) is 80.2 cm³/mol. The molecule has 3 aromatic rings. The van der Waals surface area contributed by atoms with Crippen molar-refractivity contribution in [2.75, 3.05) is 0 Å². The number of fused-ring (bicyclic) bond motifs is 1. The number of aromatic nitrogens is 4. The van der Waals surface area contributed by atoms with Crippen LogP contribution in [0.2, 0.25) is 0 Å². The van der Waals surface area contributed by atoms with Gasteiger partial charge in [0.25, 0.3) is 0 Å². The van der Waals surface area contributed by atoms with E-state index in [0.29, 0.717) is 5.69 Å². The molecule has 0 bridgehead atoms. The van der Waals surface area contributed by atoms with Crippen molar-refractivity contribution in [3.63, 3.8) is 0 Å². The minimum absolute atomic E-state index is 0.0674. The van der Waals surface area contributed by atoms with Crippen molar-refractivity contribution in [3.05, 3.63) is 54.1 Å². The maximum atomic E-state index is 12.3. The maximum absolute atomic E-state index is 12.3. The zero-order valence-electron chi connectivity index (χ0n) is 12.0. The van der Waals surface area contributed by atoms with Crippen molar-refractivity contribution in [3.8, 4) is 0 Å². The van der Waals surface area contributed by atoms with Crippen LogP contribution in [0.1, 0.15) is 36.1 Å². The fraction of sp³-hybridized carbons (Fsp3) is 0.250. The Kier molecular flexibility index (Phi) is 3.48. The van der Waals surface area contributed by atoms with Crippen LogP contribution in [0.4, 0.5) is 0 Å². The zero-order valence-corrected chi connectivity index (χ0v) is 12.0. The lowest BCUT2D eigenvalue weighted by Crippen LogP contribution is -2.08. The molecule has 0 spiro atoms. The summed E-state index contributed by atoms with van der Waals surface area (Å²) < 4.78 is 1.84. The molecular formula is C16H16N4O. The second kappa shape index (κ2) is 5.44. The lowest BCUT2D eigenvalue weighted by molar-refractivity contribution is 0.0987. The number of hydrogen-bond acceptors (Lipinski definition) is 4. The fourth-order valence-corrected chi connectivity index (χ4v) is 2.11. The van der Waals surface area contributed by atoms with Crippen molar-refractivity contribution < 1.29 is 4.79 Å². The van der Waals surface area contributed by atoms with E-state index in [1.165, 1.54) is 6.20 Å². The maximum Gasteiger partial charge on any atom is 0.188 e. The van der Waals surface area contributed by atoms with E-state index < -0.39 is 0 Å². The number of hydrogen-bond donors (Lipinski definition) is 0. The van der Waals surface area contributed by atoms with Crippen molar-refractivity contribution >= 4 is 16.8 Å². The average Bonchev–Trinajstić information content (AvgIpc) is 2.95. The van der Waals surface area contributed by atoms with Gasteiger partial charge in [0, 0.05) is 12.2 Å². The van der Waals surface area contributed by atoms with E-state index in [-0.39, 0.29) is 18.2 Å². The third-order valence-corrected chi connectivity index (χ3v) is 3.27. The topological polar surface area (TPSA) is 60.7 Å². The van der Waals surface area contributed by atoms with Crippen LogP contribution < -0.4 is 0 Å². The molecule has 0 N–H and O–H groups in total. The van der Waals surface area contributed by atoms with Crippen LogP contribution in [0.25, 0.3) is 11.0 Å². The Morgan fingerprint density at radius 2 is 1.95 bits per heavy atom. The number of carbonyl (C=O) groups excluding carboxylic acids is 1. The molecule has 0 aliphatic rings. The number of nitrogens with zero attached hydrogens (tertiary/aromatic N) is 4. The largest absolute Gasteiger partial charge is 0.292 e. The van der Waals surface area contributed by atoms with Crippen molar-refractivity contribution in [1.29, 1.82) is 0 Å². The number of Topliss-reactive ketones (excluding diaryl/α,β-unsaturated/α-hetero) is 1. The van der Waals surface area contributed by atoms with E-state index in [2.05, 4.69) is 15.1 Å². The second-order valence-electron chi connectivity index (χ2n) is 5.22. The smallest absolute Gasteiger partial charge is 0.188 e. The Labute approximate surface area is 122 Å². The highest BCUT2D eigenvalue weighted by Gasteiger charge is 2.12. The van der Waals surface area contributed by atoms with Gasteiger partial charge in [0.05, 0.1) is 29.3 Å². The molecule has 0 amide bonds. The summed E-state index contributed by atoms with van der Waals surface area (Å²) >= 11 is 0. The van der Waals surface area contributed by atoms with E-state index in [0.717, 1.165) is 16.7 Å². The third-order valence-electron chi connectivity index (χ3n) is 3.27. The summed E-state index contributed by atoms with van der Waals surface area (Å²) in [5, 5.41) is 4.39. The van der Waals surface area contributed by atoms with E-state index in [1.807, 2.05) is 55.1 Å². The van der Waals surface area contributed by atoms with Gasteiger partial charge in [-0.1, -0.05) is 12.1 Å². The van der Waals surface area contributed by atoms with Crippen LogP contribution in [-0.2, 0) is 6.42 Å². The molecule has 0 fully saturated rings. The van der Waals surface area contributed by atoms with Gasteiger partial charge in [-0.15, -0.1) is 0 Å². The summed E-state index contributed by atoms with van der Waals surface area (Å²) in [6, 6.07) is 9.67. The van der Waals surface area contributed by atoms with Crippen LogP contribution in [0, 0.1) is 0 Å². The molecule has 0 radical (unpaired) electrons. The summed E-state index contributed by atoms with van der Waals surface area (Å²) in [4.78, 5) is 20.9. The summed E-state index contributed by atoms with van der Waals surface area (Å²) in [5.41, 5.74) is 2.66. The van der Waals surface area contributed by atoms with Crippen molar-refractivity contribution in [2.45, 2.75) is 26.3 Å². The number of ketones is 1. The predicted octanol–water partition coefficient (Wildman–Crippen LogP) is 2.83. The standard InChI is InChI=1S/C16H16N4O/c1-11(2)20-8-7-12(19-20)9-16(21)15-10-17-13-5-3-4-6-14(13)18-15/h3-8,10-11H,9H2,1-2H3. The van der Waals surface area contributed by atoms with Gasteiger partial charge in [-0.2, -0.15) is 5.10 Å². The Morgan fingerprint density at radius 1 is 1.19 bits per heavy atom. The average molecular weight is 280 g/mol. The first kappa shape index (κ1) is 13.4. The highest BCUT2D eigenvalue weighted by molar-refractivity contribution is 5.96. The summed E-state index contributed by atoms with van der Waals surface area (Å²) in [7, 11) is 0. The highest BCUT2D eigenvalue weighted by atomic mass is 16.1. The summed E-state index contributed by atoms with van der Waals surface area (Å²) in [6.45, 7) is 4.10. The molecule has 0 aliphatic heterocycles. The zero-order chi connectivity index (χ0) is 14.8.